The Morgan fingerprint density at radius 1 is 1.03 bits per heavy atom. The van der Waals surface area contributed by atoms with E-state index < -0.39 is 35.2 Å². The largest absolute Gasteiger partial charge is 0.490 e. The molecule has 9 heteroatoms. The van der Waals surface area contributed by atoms with Crippen molar-refractivity contribution in [2.24, 2.45) is 0 Å². The zero-order chi connectivity index (χ0) is 21.5. The number of aryl methyl sites for hydroxylation is 1. The monoisotopic (exact) mass is 442 g/mol. The molecular weight excluding hydrogens is 415 g/mol. The minimum Gasteiger partial charge on any atom is -0.490 e. The van der Waals surface area contributed by atoms with E-state index in [1.165, 1.54) is 0 Å². The van der Waals surface area contributed by atoms with Gasteiger partial charge in [-0.25, -0.2) is 0 Å². The minimum absolute atomic E-state index is 0.231. The molecule has 0 spiro atoms. The normalized spacial score (nSPS) is 14.3. The predicted molar refractivity (Wildman–Crippen MR) is 112 cm³/mol. The maximum absolute atomic E-state index is 11.7. The van der Waals surface area contributed by atoms with Gasteiger partial charge in [0.05, 0.1) is 0 Å². The molecule has 0 aliphatic rings. The molecular formula is C20H27O7PS. The molecule has 2 rings (SSSR count). The van der Waals surface area contributed by atoms with Gasteiger partial charge in [0.15, 0.2) is 4.99 Å². The van der Waals surface area contributed by atoms with Crippen molar-refractivity contribution >= 4 is 17.7 Å². The molecule has 0 saturated heterocycles. The van der Waals surface area contributed by atoms with Crippen molar-refractivity contribution in [1.29, 1.82) is 0 Å². The van der Waals surface area contributed by atoms with Crippen LogP contribution in [0.2, 0.25) is 0 Å². The molecule has 0 heterocycles. The van der Waals surface area contributed by atoms with Gasteiger partial charge in [-0.3, -0.25) is 9.12 Å². The first-order valence-corrected chi connectivity index (χ1v) is 12.6. The third-order valence-corrected chi connectivity index (χ3v) is 8.02. The van der Waals surface area contributed by atoms with Gasteiger partial charge in [-0.15, -0.1) is 0 Å². The predicted octanol–water partition coefficient (Wildman–Crippen LogP) is 3.80. The zero-order valence-corrected chi connectivity index (χ0v) is 17.9. The summed E-state index contributed by atoms with van der Waals surface area (Å²) in [6.45, 7) is 2.07. The Kier molecular flexibility index (Phi) is 8.43. The quantitative estimate of drug-likeness (QED) is 0.357. The van der Waals surface area contributed by atoms with Crippen molar-refractivity contribution in [3.63, 3.8) is 0 Å². The second kappa shape index (κ2) is 10.4. The number of unbranched alkanes of at least 4 members (excludes halogenated alkanes) is 1. The lowest BCUT2D eigenvalue weighted by atomic mass is 10.0. The Balaban J connectivity index is 2.34. The van der Waals surface area contributed by atoms with Crippen LogP contribution >= 0.6 is 7.60 Å². The summed E-state index contributed by atoms with van der Waals surface area (Å²) < 4.78 is 50.4. The fourth-order valence-electron chi connectivity index (χ4n) is 3.08. The third-order valence-electron chi connectivity index (χ3n) is 4.56. The van der Waals surface area contributed by atoms with E-state index in [2.05, 4.69) is 6.92 Å². The van der Waals surface area contributed by atoms with Gasteiger partial charge in [0, 0.05) is 12.8 Å². The summed E-state index contributed by atoms with van der Waals surface area (Å²) >= 11 is 0. The first kappa shape index (κ1) is 23.6. The Morgan fingerprint density at radius 3 is 2.24 bits per heavy atom. The Bertz CT molecular complexity index is 925. The minimum atomic E-state index is -5.11. The molecule has 2 unspecified atom stereocenters. The molecule has 0 aliphatic heterocycles. The van der Waals surface area contributed by atoms with Crippen LogP contribution < -0.4 is 4.74 Å². The molecule has 160 valence electrons. The summed E-state index contributed by atoms with van der Waals surface area (Å²) in [4.78, 5) is 16.7. The van der Waals surface area contributed by atoms with Crippen molar-refractivity contribution in [3.05, 3.63) is 65.7 Å². The number of rotatable bonds is 11. The third kappa shape index (κ3) is 7.57. The standard InChI is InChI=1S/C20H27O7PS/c1-2-3-11-17-12-7-8-13-19(17)27-18(14-16-9-5-4-6-10-16)15-20(28(21,22)23)29(24,25)26/h4-10,12-13,18,20H,2-3,11,14-15H2,1H3,(H2,21,22,23)(H,24,25,26). The Labute approximate surface area is 171 Å². The lowest BCUT2D eigenvalue weighted by Crippen LogP contribution is -2.31. The van der Waals surface area contributed by atoms with Crippen molar-refractivity contribution in [2.45, 2.75) is 50.1 Å². The summed E-state index contributed by atoms with van der Waals surface area (Å²) in [6, 6.07) is 16.4. The molecule has 0 radical (unpaired) electrons. The highest BCUT2D eigenvalue weighted by Gasteiger charge is 2.42. The van der Waals surface area contributed by atoms with Crippen LogP contribution in [0.3, 0.4) is 0 Å². The number of hydrogen-bond acceptors (Lipinski definition) is 4. The molecule has 0 aromatic heterocycles. The molecule has 0 bridgehead atoms. The highest BCUT2D eigenvalue weighted by molar-refractivity contribution is 7.93. The Morgan fingerprint density at radius 2 is 1.66 bits per heavy atom. The van der Waals surface area contributed by atoms with E-state index in [1.54, 1.807) is 12.1 Å². The average Bonchev–Trinajstić information content (AvgIpc) is 2.64. The fourth-order valence-corrected chi connectivity index (χ4v) is 5.44. The number of hydrogen-bond donors (Lipinski definition) is 3. The maximum atomic E-state index is 11.7. The van der Waals surface area contributed by atoms with Crippen LogP contribution in [0, 0.1) is 0 Å². The summed E-state index contributed by atoms with van der Waals surface area (Å²) in [7, 11) is -10.1. The van der Waals surface area contributed by atoms with Gasteiger partial charge in [0.2, 0.25) is 0 Å². The van der Waals surface area contributed by atoms with E-state index in [-0.39, 0.29) is 6.42 Å². The second-order valence-electron chi connectivity index (χ2n) is 6.94. The molecule has 3 N–H and O–H groups in total. The molecule has 0 amide bonds. The van der Waals surface area contributed by atoms with Gasteiger partial charge >= 0.3 is 7.60 Å². The smallest absolute Gasteiger partial charge is 0.346 e. The van der Waals surface area contributed by atoms with E-state index in [0.717, 1.165) is 30.4 Å². The molecule has 0 aliphatic carbocycles. The lowest BCUT2D eigenvalue weighted by Gasteiger charge is -2.25. The summed E-state index contributed by atoms with van der Waals surface area (Å²) in [5.41, 5.74) is 1.76. The number of ether oxygens (including phenoxy) is 1. The molecule has 2 aromatic rings. The summed E-state index contributed by atoms with van der Waals surface area (Å²) in [6.07, 6.45) is 1.53. The number of benzene rings is 2. The van der Waals surface area contributed by atoms with Crippen LogP contribution in [0.1, 0.15) is 37.3 Å². The molecule has 0 fully saturated rings. The van der Waals surface area contributed by atoms with Gasteiger partial charge < -0.3 is 14.5 Å². The van der Waals surface area contributed by atoms with Gasteiger partial charge in [0.25, 0.3) is 10.1 Å². The first-order valence-electron chi connectivity index (χ1n) is 9.41. The summed E-state index contributed by atoms with van der Waals surface area (Å²) in [5, 5.41) is 0. The van der Waals surface area contributed by atoms with Crippen molar-refractivity contribution in [1.82, 2.24) is 0 Å². The molecule has 7 nitrogen and oxygen atoms in total. The molecule has 0 saturated carbocycles. The fraction of sp³-hybridized carbons (Fsp3) is 0.400. The summed E-state index contributed by atoms with van der Waals surface area (Å²) in [5.74, 6) is 0.543. The van der Waals surface area contributed by atoms with E-state index >= 15 is 0 Å². The van der Waals surface area contributed by atoms with E-state index in [0.29, 0.717) is 5.75 Å². The van der Waals surface area contributed by atoms with E-state index in [4.69, 9.17) is 4.74 Å². The van der Waals surface area contributed by atoms with Crippen LogP contribution in [0.15, 0.2) is 54.6 Å². The SMILES string of the molecule is CCCCc1ccccc1OC(Cc1ccccc1)CC(P(=O)(O)O)S(=O)(=O)O. The molecule has 2 atom stereocenters. The number of para-hydroxylation sites is 1. The van der Waals surface area contributed by atoms with E-state index in [1.807, 2.05) is 42.5 Å². The second-order valence-corrected chi connectivity index (χ2v) is 10.7. The van der Waals surface area contributed by atoms with Crippen LogP contribution in [0.25, 0.3) is 0 Å². The topological polar surface area (TPSA) is 121 Å². The maximum Gasteiger partial charge on any atom is 0.346 e. The van der Waals surface area contributed by atoms with E-state index in [9.17, 15) is 27.3 Å². The molecule has 2 aromatic carbocycles. The zero-order valence-electron chi connectivity index (χ0n) is 16.2. The average molecular weight is 442 g/mol. The van der Waals surface area contributed by atoms with Gasteiger partial charge in [0.1, 0.15) is 11.9 Å². The van der Waals surface area contributed by atoms with Crippen LogP contribution in [-0.4, -0.2) is 33.9 Å². The Hall–Kier alpha value is -1.70. The first-order chi connectivity index (χ1) is 13.6. The van der Waals surface area contributed by atoms with Crippen LogP contribution in [0.5, 0.6) is 5.75 Å². The van der Waals surface area contributed by atoms with Gasteiger partial charge in [-0.05, 0) is 30.0 Å². The highest BCUT2D eigenvalue weighted by atomic mass is 32.2. The molecule has 29 heavy (non-hydrogen) atoms. The van der Waals surface area contributed by atoms with Crippen LogP contribution in [-0.2, 0) is 27.5 Å². The highest BCUT2D eigenvalue weighted by Crippen LogP contribution is 2.46. The van der Waals surface area contributed by atoms with Crippen molar-refractivity contribution < 1.29 is 32.1 Å². The van der Waals surface area contributed by atoms with Gasteiger partial charge in [-0.2, -0.15) is 8.42 Å². The van der Waals surface area contributed by atoms with Gasteiger partial charge in [-0.1, -0.05) is 61.9 Å². The van der Waals surface area contributed by atoms with Crippen LogP contribution in [0.4, 0.5) is 0 Å². The van der Waals surface area contributed by atoms with Crippen molar-refractivity contribution in [3.8, 4) is 5.75 Å². The van der Waals surface area contributed by atoms with Crippen molar-refractivity contribution in [2.75, 3.05) is 0 Å². The lowest BCUT2D eigenvalue weighted by molar-refractivity contribution is 0.188.